The molecule has 0 aromatic carbocycles. The predicted octanol–water partition coefficient (Wildman–Crippen LogP) is 3.54. The van der Waals surface area contributed by atoms with Gasteiger partial charge in [-0.3, -0.25) is 9.88 Å². The quantitative estimate of drug-likeness (QED) is 0.403. The van der Waals surface area contributed by atoms with Gasteiger partial charge in [-0.15, -0.1) is 0 Å². The van der Waals surface area contributed by atoms with Crippen molar-refractivity contribution in [3.05, 3.63) is 30.1 Å². The Morgan fingerprint density at radius 3 is 1.73 bits per heavy atom. The minimum atomic E-state index is -5.08. The zero-order valence-electron chi connectivity index (χ0n) is 23.4. The van der Waals surface area contributed by atoms with Crippen molar-refractivity contribution in [1.82, 2.24) is 14.8 Å². The molecule has 1 aromatic heterocycles. The van der Waals surface area contributed by atoms with E-state index in [0.29, 0.717) is 12.0 Å². The van der Waals surface area contributed by atoms with E-state index < -0.39 is 36.4 Å². The summed E-state index contributed by atoms with van der Waals surface area (Å²) in [4.78, 5) is 36.0. The van der Waals surface area contributed by atoms with Gasteiger partial charge in [0.15, 0.2) is 0 Å². The summed E-state index contributed by atoms with van der Waals surface area (Å²) in [6.07, 6.45) is -8.59. The molecule has 3 atom stereocenters. The molecule has 20 heteroatoms. The minimum absolute atomic E-state index is 0.406. The largest absolute Gasteiger partial charge is 0.490 e. The van der Waals surface area contributed by atoms with Crippen LogP contribution < -0.4 is 0 Å². The molecule has 3 saturated heterocycles. The van der Waals surface area contributed by atoms with Crippen LogP contribution in [-0.4, -0.2) is 125 Å². The van der Waals surface area contributed by atoms with Crippen LogP contribution in [0.1, 0.15) is 18.4 Å². The molecule has 1 unspecified atom stereocenters. The summed E-state index contributed by atoms with van der Waals surface area (Å²) in [7, 11) is 0. The molecular formula is C25H32F9N3O8. The third-order valence-electron chi connectivity index (χ3n) is 6.44. The summed E-state index contributed by atoms with van der Waals surface area (Å²) in [6.45, 7) is 9.46. The Kier molecular flexibility index (Phi) is 16.0. The van der Waals surface area contributed by atoms with Gasteiger partial charge in [0.05, 0.1) is 19.3 Å². The van der Waals surface area contributed by atoms with Crippen LogP contribution in [0.5, 0.6) is 0 Å². The molecular weight excluding hydrogens is 641 g/mol. The molecule has 0 saturated carbocycles. The molecule has 45 heavy (non-hydrogen) atoms. The minimum Gasteiger partial charge on any atom is -0.475 e. The Hall–Kier alpha value is -3.23. The highest BCUT2D eigenvalue weighted by molar-refractivity contribution is 5.73. The number of aromatic nitrogens is 1. The lowest BCUT2D eigenvalue weighted by atomic mass is 9.92. The first-order valence-corrected chi connectivity index (χ1v) is 13.1. The van der Waals surface area contributed by atoms with Crippen molar-refractivity contribution in [2.45, 2.75) is 44.0 Å². The summed E-state index contributed by atoms with van der Waals surface area (Å²) in [5.41, 5.74) is 1.35. The average molecular weight is 674 g/mol. The molecule has 0 radical (unpaired) electrons. The van der Waals surface area contributed by atoms with E-state index in [1.807, 2.05) is 12.4 Å². The van der Waals surface area contributed by atoms with E-state index in [1.165, 1.54) is 31.5 Å². The fourth-order valence-electron chi connectivity index (χ4n) is 4.33. The second kappa shape index (κ2) is 18.1. The highest BCUT2D eigenvalue weighted by atomic mass is 19.4. The standard InChI is InChI=1S/C19H29N3O2.3C2HF3O2/c1-5-20-6-2-16(1)11-22-8-10-24-19-14-21(7-3-18(19)13-22)12-17-4-9-23-15-17;3*3-2(4,5)1(6)7/h1-2,5-6,17-19H,3-4,7-15H2;3*(H,6,7)/t17?,18-,19-;;;/m1.../s1. The number of carboxylic acid groups (broad SMARTS) is 3. The molecule has 3 aliphatic heterocycles. The fraction of sp³-hybridized carbons (Fsp3) is 0.680. The van der Waals surface area contributed by atoms with Crippen molar-refractivity contribution < 1.29 is 78.7 Å². The number of ether oxygens (including phenoxy) is 2. The molecule has 1 aromatic rings. The van der Waals surface area contributed by atoms with E-state index >= 15 is 0 Å². The Morgan fingerprint density at radius 1 is 0.778 bits per heavy atom. The van der Waals surface area contributed by atoms with E-state index in [0.717, 1.165) is 51.9 Å². The SMILES string of the molecule is O=C(O)C(F)(F)F.O=C(O)C(F)(F)F.O=C(O)C(F)(F)F.c1cc(CN2CCO[C@@H]3CN(CC4CCOC4)CC[C@@H]3C2)ccn1. The molecule has 0 spiro atoms. The van der Waals surface area contributed by atoms with Gasteiger partial charge in [-0.1, -0.05) is 0 Å². The molecule has 0 bridgehead atoms. The van der Waals surface area contributed by atoms with Gasteiger partial charge in [-0.25, -0.2) is 14.4 Å². The zero-order valence-corrected chi connectivity index (χ0v) is 23.4. The predicted molar refractivity (Wildman–Crippen MR) is 134 cm³/mol. The first-order chi connectivity index (χ1) is 20.7. The Morgan fingerprint density at radius 2 is 1.29 bits per heavy atom. The highest BCUT2D eigenvalue weighted by Crippen LogP contribution is 2.26. The number of aliphatic carboxylic acids is 3. The Bertz CT molecular complexity index is 996. The number of fused-ring (bicyclic) bond motifs is 1. The van der Waals surface area contributed by atoms with Gasteiger partial charge in [0.1, 0.15) is 0 Å². The zero-order chi connectivity index (χ0) is 34.4. The van der Waals surface area contributed by atoms with Crippen molar-refractivity contribution >= 4 is 17.9 Å². The maximum absolute atomic E-state index is 10.6. The molecule has 11 nitrogen and oxygen atoms in total. The molecule has 3 N–H and O–H groups in total. The maximum Gasteiger partial charge on any atom is 0.490 e. The topological polar surface area (TPSA) is 150 Å². The van der Waals surface area contributed by atoms with Crippen LogP contribution >= 0.6 is 0 Å². The monoisotopic (exact) mass is 673 g/mol. The van der Waals surface area contributed by atoms with E-state index in [1.54, 1.807) is 0 Å². The number of nitrogens with zero attached hydrogens (tertiary/aromatic N) is 3. The lowest BCUT2D eigenvalue weighted by Gasteiger charge is -2.38. The summed E-state index contributed by atoms with van der Waals surface area (Å²) >= 11 is 0. The Balaban J connectivity index is 0.000000396. The summed E-state index contributed by atoms with van der Waals surface area (Å²) < 4.78 is 107. The Labute approximate surface area is 250 Å². The van der Waals surface area contributed by atoms with Crippen molar-refractivity contribution in [3.8, 4) is 0 Å². The molecule has 4 heterocycles. The number of piperidine rings is 1. The van der Waals surface area contributed by atoms with Crippen LogP contribution in [0, 0.1) is 11.8 Å². The second-order valence-corrected chi connectivity index (χ2v) is 9.95. The van der Waals surface area contributed by atoms with Crippen molar-refractivity contribution in [1.29, 1.82) is 0 Å². The van der Waals surface area contributed by atoms with E-state index in [-0.39, 0.29) is 0 Å². The molecule has 0 amide bonds. The number of pyridine rings is 1. The summed E-state index contributed by atoms with van der Waals surface area (Å²) in [5, 5.41) is 21.4. The van der Waals surface area contributed by atoms with Gasteiger partial charge in [0.25, 0.3) is 0 Å². The molecule has 258 valence electrons. The lowest BCUT2D eigenvalue weighted by Crippen LogP contribution is -2.48. The van der Waals surface area contributed by atoms with Crippen LogP contribution in [0.3, 0.4) is 0 Å². The van der Waals surface area contributed by atoms with Crippen LogP contribution in [0.4, 0.5) is 39.5 Å². The number of alkyl halides is 9. The molecule has 3 aliphatic rings. The molecule has 4 rings (SSSR count). The van der Waals surface area contributed by atoms with Gasteiger partial charge in [-0.05, 0) is 43.0 Å². The number of likely N-dealkylation sites (tertiary alicyclic amines) is 1. The van der Waals surface area contributed by atoms with Gasteiger partial charge >= 0.3 is 36.4 Å². The lowest BCUT2D eigenvalue weighted by molar-refractivity contribution is -0.193. The van der Waals surface area contributed by atoms with Crippen LogP contribution in [-0.2, 0) is 30.4 Å². The highest BCUT2D eigenvalue weighted by Gasteiger charge is 2.39. The van der Waals surface area contributed by atoms with Gasteiger partial charge in [0, 0.05) is 57.6 Å². The molecule has 3 fully saturated rings. The fourth-order valence-corrected chi connectivity index (χ4v) is 4.33. The number of hydrogen-bond donors (Lipinski definition) is 3. The van der Waals surface area contributed by atoms with Crippen molar-refractivity contribution in [2.24, 2.45) is 11.8 Å². The number of rotatable bonds is 4. The summed E-state index contributed by atoms with van der Waals surface area (Å²) in [6, 6.07) is 4.24. The van der Waals surface area contributed by atoms with Crippen molar-refractivity contribution in [2.75, 3.05) is 52.5 Å². The van der Waals surface area contributed by atoms with Gasteiger partial charge < -0.3 is 29.7 Å². The molecule has 0 aliphatic carbocycles. The normalized spacial score (nSPS) is 22.6. The smallest absolute Gasteiger partial charge is 0.475 e. The first kappa shape index (κ1) is 39.8. The second-order valence-electron chi connectivity index (χ2n) is 9.95. The number of carboxylic acids is 3. The average Bonchev–Trinajstić information content (AvgIpc) is 3.35. The van der Waals surface area contributed by atoms with Crippen LogP contribution in [0.2, 0.25) is 0 Å². The third-order valence-corrected chi connectivity index (χ3v) is 6.44. The maximum atomic E-state index is 10.6. The third kappa shape index (κ3) is 16.6. The van der Waals surface area contributed by atoms with E-state index in [9.17, 15) is 39.5 Å². The van der Waals surface area contributed by atoms with E-state index in [4.69, 9.17) is 39.2 Å². The van der Waals surface area contributed by atoms with Crippen molar-refractivity contribution in [3.63, 3.8) is 0 Å². The number of hydrogen-bond acceptors (Lipinski definition) is 8. The first-order valence-electron chi connectivity index (χ1n) is 13.1. The number of halogens is 9. The van der Waals surface area contributed by atoms with Crippen LogP contribution in [0.15, 0.2) is 24.5 Å². The van der Waals surface area contributed by atoms with Gasteiger partial charge in [0.2, 0.25) is 0 Å². The van der Waals surface area contributed by atoms with Crippen LogP contribution in [0.25, 0.3) is 0 Å². The number of carbonyl (C=O) groups is 3. The van der Waals surface area contributed by atoms with E-state index in [2.05, 4.69) is 26.9 Å². The van der Waals surface area contributed by atoms with Gasteiger partial charge in [-0.2, -0.15) is 39.5 Å². The summed E-state index contributed by atoms with van der Waals surface area (Å²) in [5.74, 6) is -6.87.